The van der Waals surface area contributed by atoms with E-state index in [9.17, 15) is 9.59 Å². The number of aromatic nitrogens is 1. The van der Waals surface area contributed by atoms with Gasteiger partial charge in [0, 0.05) is 22.9 Å². The third-order valence-corrected chi connectivity index (χ3v) is 4.45. The van der Waals surface area contributed by atoms with Gasteiger partial charge in [0.15, 0.2) is 0 Å². The summed E-state index contributed by atoms with van der Waals surface area (Å²) in [6.45, 7) is 1.74. The number of halogens is 1. The molecule has 0 unspecified atom stereocenters. The van der Waals surface area contributed by atoms with Crippen LogP contribution in [-0.4, -0.2) is 45.2 Å². The number of anilines is 1. The summed E-state index contributed by atoms with van der Waals surface area (Å²) in [5.41, 5.74) is 2.46. The van der Waals surface area contributed by atoms with Gasteiger partial charge >= 0.3 is 6.09 Å². The highest BCUT2D eigenvalue weighted by Crippen LogP contribution is 2.23. The van der Waals surface area contributed by atoms with Crippen LogP contribution in [0, 0.1) is 6.92 Å². The van der Waals surface area contributed by atoms with Gasteiger partial charge in [-0.1, -0.05) is 28.1 Å². The maximum atomic E-state index is 12.3. The van der Waals surface area contributed by atoms with Crippen molar-refractivity contribution in [2.24, 2.45) is 0 Å². The van der Waals surface area contributed by atoms with Crippen LogP contribution >= 0.6 is 15.9 Å². The number of amides is 2. The van der Waals surface area contributed by atoms with E-state index in [2.05, 4.69) is 26.2 Å². The zero-order chi connectivity index (χ0) is 18.4. The molecule has 0 radical (unpaired) electrons. The Bertz CT molecular complexity index is 765. The second-order valence-electron chi connectivity index (χ2n) is 5.35. The van der Waals surface area contributed by atoms with Crippen molar-refractivity contribution in [1.29, 1.82) is 0 Å². The number of nitrogens with one attached hydrogen (secondary N) is 1. The van der Waals surface area contributed by atoms with Crippen molar-refractivity contribution in [3.63, 3.8) is 0 Å². The summed E-state index contributed by atoms with van der Waals surface area (Å²) >= 11 is 3.41. The van der Waals surface area contributed by atoms with Crippen molar-refractivity contribution in [3.8, 4) is 0 Å². The molecule has 0 aliphatic rings. The lowest BCUT2D eigenvalue weighted by Gasteiger charge is -2.17. The number of carbonyl (C=O) groups excluding carboxylic acids is 1. The van der Waals surface area contributed by atoms with Crippen molar-refractivity contribution in [3.05, 3.63) is 57.8 Å². The molecule has 2 aromatic rings. The fraction of sp³-hybridized carbons (Fsp3) is 0.235. The van der Waals surface area contributed by atoms with E-state index < -0.39 is 6.09 Å². The number of aliphatic hydroxyl groups excluding tert-OH is 1. The van der Waals surface area contributed by atoms with E-state index in [1.807, 2.05) is 19.1 Å². The highest BCUT2D eigenvalue weighted by molar-refractivity contribution is 9.10. The fourth-order valence-corrected chi connectivity index (χ4v) is 2.53. The van der Waals surface area contributed by atoms with Crippen LogP contribution in [-0.2, 0) is 6.54 Å². The summed E-state index contributed by atoms with van der Waals surface area (Å²) in [5, 5.41) is 20.7. The molecule has 132 valence electrons. The maximum absolute atomic E-state index is 12.3. The zero-order valence-electron chi connectivity index (χ0n) is 13.6. The summed E-state index contributed by atoms with van der Waals surface area (Å²) in [6, 6.07) is 8.69. The second kappa shape index (κ2) is 8.59. The van der Waals surface area contributed by atoms with Gasteiger partial charge in [0.05, 0.1) is 13.2 Å². The van der Waals surface area contributed by atoms with Crippen molar-refractivity contribution in [2.75, 3.05) is 18.5 Å². The van der Waals surface area contributed by atoms with Crippen LogP contribution in [0.15, 0.2) is 41.0 Å². The summed E-state index contributed by atoms with van der Waals surface area (Å²) < 4.78 is 0.895. The van der Waals surface area contributed by atoms with Crippen LogP contribution in [0.5, 0.6) is 0 Å². The van der Waals surface area contributed by atoms with Crippen LogP contribution in [0.1, 0.15) is 21.6 Å². The Labute approximate surface area is 153 Å². The number of aliphatic hydroxyl groups is 1. The van der Waals surface area contributed by atoms with E-state index in [0.717, 1.165) is 14.9 Å². The van der Waals surface area contributed by atoms with Crippen molar-refractivity contribution >= 4 is 33.6 Å². The predicted octanol–water partition coefficient (Wildman–Crippen LogP) is 2.88. The summed E-state index contributed by atoms with van der Waals surface area (Å²) in [6.07, 6.45) is 0.330. The highest BCUT2D eigenvalue weighted by atomic mass is 79.9. The van der Waals surface area contributed by atoms with E-state index in [1.54, 1.807) is 12.1 Å². The molecule has 2 amide bonds. The number of hydrogen-bond donors (Lipinski definition) is 3. The maximum Gasteiger partial charge on any atom is 0.407 e. The molecular weight excluding hydrogens is 390 g/mol. The number of hydrogen-bond acceptors (Lipinski definition) is 4. The molecule has 0 aliphatic carbocycles. The molecule has 0 saturated carbocycles. The minimum Gasteiger partial charge on any atom is -0.465 e. The molecule has 0 aliphatic heterocycles. The molecule has 25 heavy (non-hydrogen) atoms. The van der Waals surface area contributed by atoms with Crippen LogP contribution < -0.4 is 5.32 Å². The van der Waals surface area contributed by atoms with Gasteiger partial charge in [0.2, 0.25) is 0 Å². The summed E-state index contributed by atoms with van der Waals surface area (Å²) in [7, 11) is 0. The topological polar surface area (TPSA) is 103 Å². The van der Waals surface area contributed by atoms with E-state index in [-0.39, 0.29) is 31.3 Å². The van der Waals surface area contributed by atoms with E-state index in [4.69, 9.17) is 10.2 Å². The Kier molecular flexibility index (Phi) is 6.49. The number of pyridine rings is 1. The standard InChI is InChI=1S/C17H18BrN3O4/c1-11-13(18)3-2-4-14(11)20-16(23)15-6-5-12(9-19-15)10-21(7-8-22)17(24)25/h2-6,9,22H,7-8,10H2,1H3,(H,20,23)(H,24,25). The average molecular weight is 408 g/mol. The highest BCUT2D eigenvalue weighted by Gasteiger charge is 2.13. The molecule has 2 rings (SSSR count). The van der Waals surface area contributed by atoms with Crippen LogP contribution in [0.4, 0.5) is 10.5 Å². The third-order valence-electron chi connectivity index (χ3n) is 3.59. The first-order valence-electron chi connectivity index (χ1n) is 7.52. The number of benzene rings is 1. The Balaban J connectivity index is 2.07. The molecular formula is C17H18BrN3O4. The molecule has 0 fully saturated rings. The van der Waals surface area contributed by atoms with Crippen LogP contribution in [0.25, 0.3) is 0 Å². The van der Waals surface area contributed by atoms with Gasteiger partial charge in [-0.3, -0.25) is 9.78 Å². The SMILES string of the molecule is Cc1c(Br)cccc1NC(=O)c1ccc(CN(CCO)C(=O)O)cn1. The summed E-state index contributed by atoms with van der Waals surface area (Å²) in [5.74, 6) is -0.349. The van der Waals surface area contributed by atoms with E-state index >= 15 is 0 Å². The molecule has 1 aromatic heterocycles. The summed E-state index contributed by atoms with van der Waals surface area (Å²) in [4.78, 5) is 28.5. The third kappa shape index (κ3) is 5.01. The number of carboxylic acid groups (broad SMARTS) is 1. The monoisotopic (exact) mass is 407 g/mol. The van der Waals surface area contributed by atoms with Gasteiger partial charge in [-0.15, -0.1) is 0 Å². The molecule has 0 spiro atoms. The van der Waals surface area contributed by atoms with Crippen molar-refractivity contribution in [2.45, 2.75) is 13.5 Å². The number of carbonyl (C=O) groups is 2. The minimum absolute atomic E-state index is 0.0136. The van der Waals surface area contributed by atoms with Crippen LogP contribution in [0.3, 0.4) is 0 Å². The smallest absolute Gasteiger partial charge is 0.407 e. The lowest BCUT2D eigenvalue weighted by molar-refractivity contribution is 0.102. The van der Waals surface area contributed by atoms with Crippen molar-refractivity contribution < 1.29 is 19.8 Å². The van der Waals surface area contributed by atoms with Gasteiger partial charge in [-0.05, 0) is 36.2 Å². The molecule has 1 heterocycles. The molecule has 0 atom stereocenters. The molecule has 3 N–H and O–H groups in total. The largest absolute Gasteiger partial charge is 0.465 e. The molecule has 0 bridgehead atoms. The van der Waals surface area contributed by atoms with Gasteiger partial charge in [-0.25, -0.2) is 4.79 Å². The Morgan fingerprint density at radius 3 is 2.64 bits per heavy atom. The van der Waals surface area contributed by atoms with Crippen molar-refractivity contribution in [1.82, 2.24) is 9.88 Å². The zero-order valence-corrected chi connectivity index (χ0v) is 15.2. The lowest BCUT2D eigenvalue weighted by Crippen LogP contribution is -2.31. The quantitative estimate of drug-likeness (QED) is 0.682. The molecule has 8 heteroatoms. The normalized spacial score (nSPS) is 10.4. The Hall–Kier alpha value is -2.45. The van der Waals surface area contributed by atoms with Gasteiger partial charge in [0.25, 0.3) is 5.91 Å². The minimum atomic E-state index is -1.12. The van der Waals surface area contributed by atoms with Gasteiger partial charge in [0.1, 0.15) is 5.69 Å². The molecule has 0 saturated heterocycles. The Morgan fingerprint density at radius 1 is 1.28 bits per heavy atom. The Morgan fingerprint density at radius 2 is 2.04 bits per heavy atom. The first-order valence-corrected chi connectivity index (χ1v) is 8.31. The number of nitrogens with zero attached hydrogens (tertiary/aromatic N) is 2. The van der Waals surface area contributed by atoms with Crippen LogP contribution in [0.2, 0.25) is 0 Å². The lowest BCUT2D eigenvalue weighted by atomic mass is 10.2. The predicted molar refractivity (Wildman–Crippen MR) is 96.6 cm³/mol. The average Bonchev–Trinajstić information content (AvgIpc) is 2.59. The van der Waals surface area contributed by atoms with Gasteiger partial charge < -0.3 is 20.4 Å². The second-order valence-corrected chi connectivity index (χ2v) is 6.20. The fourth-order valence-electron chi connectivity index (χ4n) is 2.17. The van der Waals surface area contributed by atoms with Gasteiger partial charge in [-0.2, -0.15) is 0 Å². The van der Waals surface area contributed by atoms with E-state index in [1.165, 1.54) is 12.3 Å². The first-order chi connectivity index (χ1) is 11.9. The van der Waals surface area contributed by atoms with E-state index in [0.29, 0.717) is 11.3 Å². The molecule has 1 aromatic carbocycles. The molecule has 7 nitrogen and oxygen atoms in total. The number of rotatable bonds is 6. The first kappa shape index (κ1) is 18.9.